The summed E-state index contributed by atoms with van der Waals surface area (Å²) >= 11 is 8.09. The first-order valence-electron chi connectivity index (χ1n) is 8.46. The number of imidazole rings is 1. The lowest BCUT2D eigenvalue weighted by molar-refractivity contribution is 0.218. The molecule has 0 saturated carbocycles. The smallest absolute Gasteiger partial charge is 0.140 e. The molecule has 4 rings (SSSR count). The summed E-state index contributed by atoms with van der Waals surface area (Å²) in [5, 5.41) is 0.595. The van der Waals surface area contributed by atoms with Gasteiger partial charge in [-0.3, -0.25) is 4.72 Å². The van der Waals surface area contributed by atoms with Crippen LogP contribution >= 0.6 is 23.5 Å². The number of methoxy groups -OCH3 is 1. The summed E-state index contributed by atoms with van der Waals surface area (Å²) in [6.07, 6.45) is 1.70. The van der Waals surface area contributed by atoms with Crippen LogP contribution in [-0.4, -0.2) is 53.6 Å². The molecule has 136 valence electrons. The molecule has 2 aromatic heterocycles. The first-order chi connectivity index (χ1) is 12.7. The number of benzene rings is 1. The van der Waals surface area contributed by atoms with E-state index in [-0.39, 0.29) is 0 Å². The van der Waals surface area contributed by atoms with Gasteiger partial charge in [0.25, 0.3) is 0 Å². The molecule has 1 fully saturated rings. The summed E-state index contributed by atoms with van der Waals surface area (Å²) in [6.45, 7) is 2.61. The summed E-state index contributed by atoms with van der Waals surface area (Å²) in [6, 6.07) is 10.4. The number of ether oxygens (including phenoxy) is 1. The highest BCUT2D eigenvalue weighted by molar-refractivity contribution is 7.97. The quantitative estimate of drug-likeness (QED) is 0.477. The number of nitrogens with one attached hydrogen (secondary N) is 2. The van der Waals surface area contributed by atoms with Crippen molar-refractivity contribution in [2.24, 2.45) is 0 Å². The summed E-state index contributed by atoms with van der Waals surface area (Å²) in [4.78, 5) is 14.7. The molecule has 0 amide bonds. The Bertz CT molecular complexity index is 863. The molecular formula is C18H20ClN5OS. The van der Waals surface area contributed by atoms with Crippen LogP contribution < -0.4 is 9.62 Å². The maximum atomic E-state index is 6.38. The molecule has 0 bridgehead atoms. The Hall–Kier alpha value is -1.80. The SMILES string of the molecule is COCCSNC1CN(c2cc(-c3nc4ccccc4[nH]3)c(Cl)cn2)C1. The number of nitrogens with zero attached hydrogens (tertiary/aromatic N) is 3. The molecule has 3 heterocycles. The average molecular weight is 390 g/mol. The van der Waals surface area contributed by atoms with Crippen LogP contribution in [0, 0.1) is 0 Å². The first-order valence-corrected chi connectivity index (χ1v) is 9.83. The maximum absolute atomic E-state index is 6.38. The molecule has 0 spiro atoms. The van der Waals surface area contributed by atoms with E-state index < -0.39 is 0 Å². The predicted octanol–water partition coefficient (Wildman–Crippen LogP) is 3.35. The largest absolute Gasteiger partial charge is 0.384 e. The van der Waals surface area contributed by atoms with Gasteiger partial charge >= 0.3 is 0 Å². The Morgan fingerprint density at radius 2 is 2.23 bits per heavy atom. The van der Waals surface area contributed by atoms with Gasteiger partial charge in [0.15, 0.2) is 0 Å². The highest BCUT2D eigenvalue weighted by Gasteiger charge is 2.28. The van der Waals surface area contributed by atoms with Crippen LogP contribution in [0.25, 0.3) is 22.4 Å². The van der Waals surface area contributed by atoms with E-state index in [0.717, 1.165) is 53.7 Å². The number of pyridine rings is 1. The molecule has 0 unspecified atom stereocenters. The average Bonchev–Trinajstić information content (AvgIpc) is 3.05. The Labute approximate surface area is 161 Å². The summed E-state index contributed by atoms with van der Waals surface area (Å²) in [7, 11) is 1.72. The van der Waals surface area contributed by atoms with Crippen molar-refractivity contribution in [3.63, 3.8) is 0 Å². The topological polar surface area (TPSA) is 66.1 Å². The molecule has 1 aromatic carbocycles. The van der Waals surface area contributed by atoms with Gasteiger partial charge in [0.1, 0.15) is 11.6 Å². The molecule has 8 heteroatoms. The minimum atomic E-state index is 0.462. The summed E-state index contributed by atoms with van der Waals surface area (Å²) in [5.41, 5.74) is 2.80. The molecule has 0 aliphatic carbocycles. The van der Waals surface area contributed by atoms with Crippen molar-refractivity contribution < 1.29 is 4.74 Å². The standard InChI is InChI=1S/C18H20ClN5OS/c1-25-6-7-26-23-12-10-24(11-12)17-8-13(14(19)9-20-17)18-21-15-4-2-3-5-16(15)22-18/h2-5,8-9,12,23H,6-7,10-11H2,1H3,(H,21,22). The fourth-order valence-corrected chi connectivity index (χ4v) is 3.85. The maximum Gasteiger partial charge on any atom is 0.140 e. The zero-order chi connectivity index (χ0) is 17.9. The third-order valence-electron chi connectivity index (χ3n) is 4.33. The second-order valence-electron chi connectivity index (χ2n) is 6.19. The lowest BCUT2D eigenvalue weighted by Gasteiger charge is -2.40. The van der Waals surface area contributed by atoms with Gasteiger partial charge in [-0.15, -0.1) is 0 Å². The van der Waals surface area contributed by atoms with Crippen molar-refractivity contribution in [3.05, 3.63) is 41.6 Å². The normalized spacial score (nSPS) is 14.8. The lowest BCUT2D eigenvalue weighted by atomic mass is 10.1. The summed E-state index contributed by atoms with van der Waals surface area (Å²) in [5.74, 6) is 2.64. The van der Waals surface area contributed by atoms with Crippen molar-refractivity contribution in [1.82, 2.24) is 19.7 Å². The van der Waals surface area contributed by atoms with Crippen molar-refractivity contribution in [1.29, 1.82) is 0 Å². The molecule has 1 saturated heterocycles. The van der Waals surface area contributed by atoms with Crippen LogP contribution in [0.2, 0.25) is 5.02 Å². The van der Waals surface area contributed by atoms with Gasteiger partial charge in [0.05, 0.1) is 28.7 Å². The molecule has 1 aliphatic rings. The Kier molecular flexibility index (Phi) is 5.31. The monoisotopic (exact) mass is 389 g/mol. The molecule has 1 aliphatic heterocycles. The Morgan fingerprint density at radius 3 is 3.04 bits per heavy atom. The molecule has 0 atom stereocenters. The second-order valence-corrected chi connectivity index (χ2v) is 7.53. The number of anilines is 1. The van der Waals surface area contributed by atoms with Crippen LogP contribution in [-0.2, 0) is 4.74 Å². The van der Waals surface area contributed by atoms with Crippen LogP contribution in [0.1, 0.15) is 0 Å². The van der Waals surface area contributed by atoms with Crippen molar-refractivity contribution in [3.8, 4) is 11.4 Å². The van der Waals surface area contributed by atoms with E-state index in [1.807, 2.05) is 30.3 Å². The number of hydrogen-bond donors (Lipinski definition) is 2. The zero-order valence-corrected chi connectivity index (χ0v) is 16.0. The second kappa shape index (κ2) is 7.84. The van der Waals surface area contributed by atoms with Crippen molar-refractivity contribution in [2.75, 3.05) is 37.5 Å². The van der Waals surface area contributed by atoms with Crippen LogP contribution in [0.5, 0.6) is 0 Å². The number of fused-ring (bicyclic) bond motifs is 1. The molecule has 3 aromatic rings. The minimum absolute atomic E-state index is 0.462. The van der Waals surface area contributed by atoms with E-state index in [9.17, 15) is 0 Å². The fraction of sp³-hybridized carbons (Fsp3) is 0.333. The molecule has 26 heavy (non-hydrogen) atoms. The van der Waals surface area contributed by atoms with Gasteiger partial charge in [-0.25, -0.2) is 9.97 Å². The number of para-hydroxylation sites is 2. The lowest BCUT2D eigenvalue weighted by Crippen LogP contribution is -2.56. The number of hydrogen-bond acceptors (Lipinski definition) is 6. The highest BCUT2D eigenvalue weighted by atomic mass is 35.5. The number of H-pyrrole nitrogens is 1. The number of rotatable bonds is 7. The van der Waals surface area contributed by atoms with E-state index in [4.69, 9.17) is 16.3 Å². The Morgan fingerprint density at radius 1 is 1.38 bits per heavy atom. The van der Waals surface area contributed by atoms with Crippen molar-refractivity contribution >= 4 is 40.4 Å². The molecule has 2 N–H and O–H groups in total. The highest BCUT2D eigenvalue weighted by Crippen LogP contribution is 2.31. The van der Waals surface area contributed by atoms with Crippen molar-refractivity contribution in [2.45, 2.75) is 6.04 Å². The van der Waals surface area contributed by atoms with Gasteiger partial charge in [-0.05, 0) is 18.2 Å². The summed E-state index contributed by atoms with van der Waals surface area (Å²) < 4.78 is 8.50. The fourth-order valence-electron chi connectivity index (χ4n) is 2.90. The third kappa shape index (κ3) is 3.66. The van der Waals surface area contributed by atoms with Crippen LogP contribution in [0.4, 0.5) is 5.82 Å². The van der Waals surface area contributed by atoms with Gasteiger partial charge in [0.2, 0.25) is 0 Å². The molecule has 0 radical (unpaired) electrons. The van der Waals surface area contributed by atoms with Gasteiger partial charge in [0, 0.05) is 37.7 Å². The molecular weight excluding hydrogens is 370 g/mol. The van der Waals surface area contributed by atoms with E-state index in [0.29, 0.717) is 11.1 Å². The number of aromatic amines is 1. The third-order valence-corrected chi connectivity index (χ3v) is 5.50. The first kappa shape index (κ1) is 17.6. The predicted molar refractivity (Wildman–Crippen MR) is 108 cm³/mol. The van der Waals surface area contributed by atoms with Gasteiger partial charge in [-0.1, -0.05) is 35.7 Å². The minimum Gasteiger partial charge on any atom is -0.384 e. The van der Waals surface area contributed by atoms with Crippen LogP contribution in [0.15, 0.2) is 36.5 Å². The van der Waals surface area contributed by atoms with Crippen LogP contribution in [0.3, 0.4) is 0 Å². The van der Waals surface area contributed by atoms with E-state index in [1.165, 1.54) is 0 Å². The number of aromatic nitrogens is 3. The number of halogens is 1. The van der Waals surface area contributed by atoms with E-state index in [2.05, 4.69) is 24.6 Å². The van der Waals surface area contributed by atoms with E-state index >= 15 is 0 Å². The van der Waals surface area contributed by atoms with E-state index in [1.54, 1.807) is 25.3 Å². The molecule has 6 nitrogen and oxygen atoms in total. The van der Waals surface area contributed by atoms with Gasteiger partial charge < -0.3 is 14.6 Å². The zero-order valence-electron chi connectivity index (χ0n) is 14.4. The van der Waals surface area contributed by atoms with Gasteiger partial charge in [-0.2, -0.15) is 0 Å². The Balaban J connectivity index is 1.46.